The number of likely N-dealkylation sites (N-methyl/N-ethyl adjacent to an activating group) is 1. The van der Waals surface area contributed by atoms with E-state index >= 15 is 0 Å². The number of carbonyl (C=O) groups excluding carboxylic acids is 2. The van der Waals surface area contributed by atoms with E-state index in [0.29, 0.717) is 5.96 Å². The van der Waals surface area contributed by atoms with Crippen LogP contribution in [0.25, 0.3) is 0 Å². The zero-order valence-electron chi connectivity index (χ0n) is 10.4. The lowest BCUT2D eigenvalue weighted by atomic mass is 10.5. The molecule has 0 aromatic carbocycles. The van der Waals surface area contributed by atoms with Crippen molar-refractivity contribution in [2.75, 3.05) is 27.2 Å². The van der Waals surface area contributed by atoms with E-state index in [9.17, 15) is 9.59 Å². The van der Waals surface area contributed by atoms with Crippen LogP contribution in [0, 0.1) is 0 Å². The molecule has 7 nitrogen and oxygen atoms in total. The Morgan fingerprint density at radius 3 is 2.65 bits per heavy atom. The molecule has 1 saturated heterocycles. The Labute approximate surface area is 99.7 Å². The molecule has 0 aromatic heterocycles. The standard InChI is InChI=1S/C10H16N4O3/c1-7(2)11-12-10-13(3)8(15)5-14(10)6-9(16)17-4/h5-6H2,1-4H3/b12-10+. The zero-order chi connectivity index (χ0) is 13.0. The topological polar surface area (TPSA) is 74.6 Å². The molecule has 7 heteroatoms. The highest BCUT2D eigenvalue weighted by Crippen LogP contribution is 2.08. The highest BCUT2D eigenvalue weighted by atomic mass is 16.5. The van der Waals surface area contributed by atoms with Gasteiger partial charge in [-0.05, 0) is 13.8 Å². The molecule has 0 spiro atoms. The number of esters is 1. The van der Waals surface area contributed by atoms with Gasteiger partial charge < -0.3 is 9.64 Å². The van der Waals surface area contributed by atoms with Gasteiger partial charge in [0.1, 0.15) is 13.1 Å². The monoisotopic (exact) mass is 240 g/mol. The number of hydrogen-bond acceptors (Lipinski definition) is 5. The van der Waals surface area contributed by atoms with E-state index in [0.717, 1.165) is 5.71 Å². The van der Waals surface area contributed by atoms with Crippen molar-refractivity contribution < 1.29 is 14.3 Å². The quantitative estimate of drug-likeness (QED) is 0.385. The first-order chi connectivity index (χ1) is 7.95. The van der Waals surface area contributed by atoms with Crippen molar-refractivity contribution in [1.82, 2.24) is 9.80 Å². The number of ether oxygens (including phenoxy) is 1. The molecule has 0 bridgehead atoms. The highest BCUT2D eigenvalue weighted by molar-refractivity contribution is 6.05. The van der Waals surface area contributed by atoms with E-state index in [1.165, 1.54) is 16.9 Å². The van der Waals surface area contributed by atoms with Gasteiger partial charge in [0.2, 0.25) is 11.9 Å². The largest absolute Gasteiger partial charge is 0.468 e. The van der Waals surface area contributed by atoms with Gasteiger partial charge in [-0.2, -0.15) is 5.10 Å². The summed E-state index contributed by atoms with van der Waals surface area (Å²) in [7, 11) is 2.90. The summed E-state index contributed by atoms with van der Waals surface area (Å²) in [6, 6.07) is 0. The fourth-order valence-corrected chi connectivity index (χ4v) is 1.29. The molecule has 0 radical (unpaired) electrons. The minimum atomic E-state index is -0.419. The molecular weight excluding hydrogens is 224 g/mol. The SMILES string of the molecule is COC(=O)CN1CC(=O)N(C)/C1=N\N=C(C)C. The lowest BCUT2D eigenvalue weighted by molar-refractivity contribution is -0.140. The van der Waals surface area contributed by atoms with E-state index in [1.807, 2.05) is 0 Å². The van der Waals surface area contributed by atoms with Crippen molar-refractivity contribution in [3.8, 4) is 0 Å². The van der Waals surface area contributed by atoms with Crippen LogP contribution < -0.4 is 0 Å². The molecule has 1 amide bonds. The third kappa shape index (κ3) is 3.27. The molecule has 0 N–H and O–H groups in total. The lowest BCUT2D eigenvalue weighted by Crippen LogP contribution is -2.35. The van der Waals surface area contributed by atoms with Crippen LogP contribution in [0.3, 0.4) is 0 Å². The van der Waals surface area contributed by atoms with Crippen molar-refractivity contribution in [2.45, 2.75) is 13.8 Å². The molecule has 17 heavy (non-hydrogen) atoms. The van der Waals surface area contributed by atoms with Crippen LogP contribution in [0.15, 0.2) is 10.2 Å². The summed E-state index contributed by atoms with van der Waals surface area (Å²) in [5, 5.41) is 7.84. The average Bonchev–Trinajstić information content (AvgIpc) is 2.52. The second-order valence-electron chi connectivity index (χ2n) is 3.83. The Kier molecular flexibility index (Phi) is 4.19. The van der Waals surface area contributed by atoms with Gasteiger partial charge in [0, 0.05) is 12.8 Å². The van der Waals surface area contributed by atoms with Crippen LogP contribution in [0.2, 0.25) is 0 Å². The maximum Gasteiger partial charge on any atom is 0.325 e. The predicted molar refractivity (Wildman–Crippen MR) is 62.6 cm³/mol. The number of carbonyl (C=O) groups is 2. The molecule has 0 aliphatic carbocycles. The molecule has 0 saturated carbocycles. The molecule has 1 rings (SSSR count). The van der Waals surface area contributed by atoms with Gasteiger partial charge in [-0.3, -0.25) is 14.5 Å². The third-order valence-electron chi connectivity index (χ3n) is 2.17. The molecular formula is C10H16N4O3. The maximum atomic E-state index is 11.5. The van der Waals surface area contributed by atoms with Gasteiger partial charge >= 0.3 is 5.97 Å². The van der Waals surface area contributed by atoms with Gasteiger partial charge in [0.15, 0.2) is 0 Å². The van der Waals surface area contributed by atoms with Crippen molar-refractivity contribution in [2.24, 2.45) is 10.2 Å². The Balaban J connectivity index is 2.88. The van der Waals surface area contributed by atoms with Gasteiger partial charge in [0.05, 0.1) is 7.11 Å². The van der Waals surface area contributed by atoms with Crippen LogP contribution in [-0.2, 0) is 14.3 Å². The Morgan fingerprint density at radius 2 is 2.12 bits per heavy atom. The Bertz CT molecular complexity index is 385. The number of rotatable bonds is 3. The lowest BCUT2D eigenvalue weighted by Gasteiger charge is -2.16. The molecule has 0 aromatic rings. The normalized spacial score (nSPS) is 17.6. The van der Waals surface area contributed by atoms with E-state index in [2.05, 4.69) is 14.9 Å². The minimum Gasteiger partial charge on any atom is -0.468 e. The van der Waals surface area contributed by atoms with Crippen LogP contribution >= 0.6 is 0 Å². The van der Waals surface area contributed by atoms with Crippen LogP contribution in [0.1, 0.15) is 13.8 Å². The summed E-state index contributed by atoms with van der Waals surface area (Å²) in [6.07, 6.45) is 0. The number of hydrogen-bond donors (Lipinski definition) is 0. The molecule has 94 valence electrons. The van der Waals surface area contributed by atoms with Gasteiger partial charge in [0.25, 0.3) is 0 Å². The fourth-order valence-electron chi connectivity index (χ4n) is 1.29. The van der Waals surface area contributed by atoms with Gasteiger partial charge in [-0.25, -0.2) is 0 Å². The Hall–Kier alpha value is -1.92. The van der Waals surface area contributed by atoms with Crippen molar-refractivity contribution in [3.63, 3.8) is 0 Å². The van der Waals surface area contributed by atoms with Gasteiger partial charge in [-0.1, -0.05) is 0 Å². The molecule has 1 aliphatic rings. The van der Waals surface area contributed by atoms with E-state index in [1.54, 1.807) is 20.9 Å². The third-order valence-corrected chi connectivity index (χ3v) is 2.17. The Morgan fingerprint density at radius 1 is 1.47 bits per heavy atom. The smallest absolute Gasteiger partial charge is 0.325 e. The number of nitrogens with zero attached hydrogens (tertiary/aromatic N) is 4. The molecule has 1 heterocycles. The second kappa shape index (κ2) is 5.42. The molecule has 0 unspecified atom stereocenters. The molecule has 0 atom stereocenters. The first-order valence-corrected chi connectivity index (χ1v) is 5.13. The van der Waals surface area contributed by atoms with Crippen molar-refractivity contribution in [1.29, 1.82) is 0 Å². The predicted octanol–water partition coefficient (Wildman–Crippen LogP) is -0.315. The summed E-state index contributed by atoms with van der Waals surface area (Å²) >= 11 is 0. The highest BCUT2D eigenvalue weighted by Gasteiger charge is 2.32. The van der Waals surface area contributed by atoms with E-state index < -0.39 is 5.97 Å². The minimum absolute atomic E-state index is 0.0102. The second-order valence-corrected chi connectivity index (χ2v) is 3.83. The summed E-state index contributed by atoms with van der Waals surface area (Å²) in [5.41, 5.74) is 0.767. The summed E-state index contributed by atoms with van der Waals surface area (Å²) in [5.74, 6) is -0.184. The number of amides is 1. The number of guanidine groups is 1. The van der Waals surface area contributed by atoms with Gasteiger partial charge in [-0.15, -0.1) is 5.10 Å². The number of methoxy groups -OCH3 is 1. The zero-order valence-corrected chi connectivity index (χ0v) is 10.4. The van der Waals surface area contributed by atoms with E-state index in [-0.39, 0.29) is 19.0 Å². The first kappa shape index (κ1) is 13.1. The van der Waals surface area contributed by atoms with Crippen LogP contribution in [0.4, 0.5) is 0 Å². The summed E-state index contributed by atoms with van der Waals surface area (Å²) < 4.78 is 4.56. The van der Waals surface area contributed by atoms with Crippen LogP contribution in [0.5, 0.6) is 0 Å². The summed E-state index contributed by atoms with van der Waals surface area (Å²) in [4.78, 5) is 25.6. The van der Waals surface area contributed by atoms with Crippen molar-refractivity contribution >= 4 is 23.5 Å². The van der Waals surface area contributed by atoms with Crippen molar-refractivity contribution in [3.05, 3.63) is 0 Å². The van der Waals surface area contributed by atoms with Crippen LogP contribution in [-0.4, -0.2) is 60.6 Å². The molecule has 1 fully saturated rings. The first-order valence-electron chi connectivity index (χ1n) is 5.13. The summed E-state index contributed by atoms with van der Waals surface area (Å²) in [6.45, 7) is 3.70. The molecule has 1 aliphatic heterocycles. The maximum absolute atomic E-state index is 11.5. The average molecular weight is 240 g/mol. The van der Waals surface area contributed by atoms with E-state index in [4.69, 9.17) is 0 Å². The fraction of sp³-hybridized carbons (Fsp3) is 0.600.